The first-order valence-corrected chi connectivity index (χ1v) is 18.4. The molecule has 0 heterocycles. The van der Waals surface area contributed by atoms with E-state index in [2.05, 4.69) is 64.1 Å². The Labute approximate surface area is 128 Å². The third-order valence-electron chi connectivity index (χ3n) is 4.56. The van der Waals surface area contributed by atoms with E-state index in [1.807, 2.05) is 0 Å². The molecule has 0 bridgehead atoms. The van der Waals surface area contributed by atoms with Crippen molar-refractivity contribution in [1.29, 1.82) is 0 Å². The Hall–Kier alpha value is 0.277. The van der Waals surface area contributed by atoms with E-state index in [0.29, 0.717) is 0 Å². The normalized spacial score (nSPS) is 13.7. The van der Waals surface area contributed by atoms with E-state index in [1.165, 1.54) is 27.8 Å². The van der Waals surface area contributed by atoms with Crippen LogP contribution in [-0.4, -0.2) is 30.9 Å². The average molecular weight is 355 g/mol. The third-order valence-corrected chi connectivity index (χ3v) is 20.0. The van der Waals surface area contributed by atoms with Gasteiger partial charge in [0, 0.05) is 0 Å². The summed E-state index contributed by atoms with van der Waals surface area (Å²) in [6, 6.07) is 2.89. The molecule has 0 aliphatic carbocycles. The van der Waals surface area contributed by atoms with Crippen LogP contribution in [0, 0.1) is 10.3 Å². The molecular formula is C16H34GeSi2. The van der Waals surface area contributed by atoms with Gasteiger partial charge in [0.25, 0.3) is 0 Å². The molecule has 0 unspecified atom stereocenters. The van der Waals surface area contributed by atoms with Crippen LogP contribution in [0.15, 0.2) is 11.3 Å². The van der Waals surface area contributed by atoms with E-state index in [4.69, 9.17) is 0 Å². The van der Waals surface area contributed by atoms with Crippen LogP contribution in [0.5, 0.6) is 0 Å². The standard InChI is InChI=1S/C16H34GeSi2/c1-8-16(5)18-13-15-19(6,7)14-12-17(9-2,10-3)11-4/h8H,9-11,13,15,18H2,1-7H3. The fraction of sp³-hybridized carbons (Fsp3) is 0.750. The second-order valence-electron chi connectivity index (χ2n) is 6.46. The zero-order valence-corrected chi connectivity index (χ0v) is 18.8. The molecule has 0 aromatic rings. The molecule has 0 aliphatic heterocycles. The molecule has 0 amide bonds. The van der Waals surface area contributed by atoms with Crippen LogP contribution < -0.4 is 0 Å². The van der Waals surface area contributed by atoms with Gasteiger partial charge in [-0.2, -0.15) is 0 Å². The van der Waals surface area contributed by atoms with Crippen LogP contribution in [0.3, 0.4) is 0 Å². The predicted octanol–water partition coefficient (Wildman–Crippen LogP) is 4.80. The Balaban J connectivity index is 4.59. The minimum atomic E-state index is -1.75. The van der Waals surface area contributed by atoms with Gasteiger partial charge in [-0.3, -0.25) is 0 Å². The maximum atomic E-state index is 3.87. The zero-order valence-electron chi connectivity index (χ0n) is 14.3. The number of rotatable bonds is 7. The van der Waals surface area contributed by atoms with Gasteiger partial charge in [-0.15, -0.1) is 0 Å². The molecule has 0 aromatic heterocycles. The fourth-order valence-electron chi connectivity index (χ4n) is 2.33. The molecule has 0 spiro atoms. The molecule has 0 saturated carbocycles. The van der Waals surface area contributed by atoms with Crippen LogP contribution in [0.25, 0.3) is 0 Å². The molecule has 0 aromatic carbocycles. The summed E-state index contributed by atoms with van der Waals surface area (Å²) >= 11 is -1.75. The summed E-state index contributed by atoms with van der Waals surface area (Å²) in [5.41, 5.74) is 3.82. The van der Waals surface area contributed by atoms with Gasteiger partial charge >= 0.3 is 128 Å². The van der Waals surface area contributed by atoms with Crippen molar-refractivity contribution < 1.29 is 0 Å². The zero-order chi connectivity index (χ0) is 14.9. The molecule has 0 nitrogen and oxygen atoms in total. The molecule has 110 valence electrons. The van der Waals surface area contributed by atoms with Crippen LogP contribution >= 0.6 is 0 Å². The minimum absolute atomic E-state index is 0.0324. The van der Waals surface area contributed by atoms with E-state index >= 15 is 0 Å². The molecule has 0 radical (unpaired) electrons. The van der Waals surface area contributed by atoms with Crippen molar-refractivity contribution in [2.75, 3.05) is 0 Å². The molecule has 0 aliphatic rings. The maximum absolute atomic E-state index is 3.87. The summed E-state index contributed by atoms with van der Waals surface area (Å²) < 4.78 is 3.87. The van der Waals surface area contributed by atoms with E-state index in [0.717, 1.165) is 0 Å². The van der Waals surface area contributed by atoms with Crippen LogP contribution in [0.1, 0.15) is 34.6 Å². The summed E-state index contributed by atoms with van der Waals surface area (Å²) in [6.45, 7) is 16.6. The van der Waals surface area contributed by atoms with E-state index in [9.17, 15) is 0 Å². The van der Waals surface area contributed by atoms with Gasteiger partial charge in [0.05, 0.1) is 0 Å². The van der Waals surface area contributed by atoms with Gasteiger partial charge < -0.3 is 0 Å². The molecule has 0 fully saturated rings. The second-order valence-corrected chi connectivity index (χ2v) is 23.7. The Morgan fingerprint density at radius 3 is 2.11 bits per heavy atom. The van der Waals surface area contributed by atoms with Crippen molar-refractivity contribution in [3.63, 3.8) is 0 Å². The number of allylic oxidation sites excluding steroid dienone is 2. The molecule has 3 heteroatoms. The SMILES string of the molecule is CC=C(C)[SiH2]CC[Si](C)(C)C#[C][Ge]([CH2]C)([CH2]C)[CH2]C. The van der Waals surface area contributed by atoms with Gasteiger partial charge in [0.15, 0.2) is 0 Å². The Kier molecular flexibility index (Phi) is 9.39. The monoisotopic (exact) mass is 356 g/mol. The number of hydrogen-bond acceptors (Lipinski definition) is 0. The van der Waals surface area contributed by atoms with Crippen LogP contribution in [0.4, 0.5) is 0 Å². The molecule has 0 atom stereocenters. The van der Waals surface area contributed by atoms with Crippen LogP contribution in [0.2, 0.25) is 40.9 Å². The quantitative estimate of drug-likeness (QED) is 0.455. The molecule has 0 saturated heterocycles. The van der Waals surface area contributed by atoms with Crippen molar-refractivity contribution >= 4 is 30.9 Å². The summed E-state index contributed by atoms with van der Waals surface area (Å²) in [6.07, 6.45) is 2.30. The Bertz CT molecular complexity index is 335. The van der Waals surface area contributed by atoms with Crippen molar-refractivity contribution in [1.82, 2.24) is 0 Å². The summed E-state index contributed by atoms with van der Waals surface area (Å²) in [4.78, 5) is 0. The molecule has 0 rings (SSSR count). The van der Waals surface area contributed by atoms with E-state index in [-0.39, 0.29) is 9.52 Å². The summed E-state index contributed by atoms with van der Waals surface area (Å²) in [5.74, 6) is 0. The van der Waals surface area contributed by atoms with Crippen LogP contribution in [-0.2, 0) is 0 Å². The molecule has 0 N–H and O–H groups in total. The van der Waals surface area contributed by atoms with Gasteiger partial charge in [-0.05, 0) is 0 Å². The average Bonchev–Trinajstić information content (AvgIpc) is 2.40. The second kappa shape index (κ2) is 9.26. The van der Waals surface area contributed by atoms with Crippen molar-refractivity contribution in [2.45, 2.75) is 75.6 Å². The van der Waals surface area contributed by atoms with Crippen molar-refractivity contribution in [3.05, 3.63) is 11.3 Å². The predicted molar refractivity (Wildman–Crippen MR) is 100 cm³/mol. The fourth-order valence-corrected chi connectivity index (χ4v) is 16.2. The van der Waals surface area contributed by atoms with Gasteiger partial charge in [-0.25, -0.2) is 0 Å². The first kappa shape index (κ1) is 19.3. The Morgan fingerprint density at radius 2 is 1.68 bits per heavy atom. The molecular weight excluding hydrogens is 321 g/mol. The van der Waals surface area contributed by atoms with Crippen molar-refractivity contribution in [2.24, 2.45) is 0 Å². The molecule has 19 heavy (non-hydrogen) atoms. The summed E-state index contributed by atoms with van der Waals surface area (Å²) in [5, 5.41) is 5.82. The third kappa shape index (κ3) is 7.58. The topological polar surface area (TPSA) is 0 Å². The van der Waals surface area contributed by atoms with Gasteiger partial charge in [0.2, 0.25) is 0 Å². The van der Waals surface area contributed by atoms with Gasteiger partial charge in [0.1, 0.15) is 0 Å². The Morgan fingerprint density at radius 1 is 1.16 bits per heavy atom. The van der Waals surface area contributed by atoms with E-state index < -0.39 is 21.3 Å². The van der Waals surface area contributed by atoms with E-state index in [1.54, 1.807) is 5.20 Å². The first-order chi connectivity index (χ1) is 8.84. The number of hydrogen-bond donors (Lipinski definition) is 0. The first-order valence-electron chi connectivity index (χ1n) is 8.01. The van der Waals surface area contributed by atoms with Gasteiger partial charge in [-0.1, -0.05) is 0 Å². The van der Waals surface area contributed by atoms with Crippen molar-refractivity contribution in [3.8, 4) is 10.3 Å². The summed E-state index contributed by atoms with van der Waals surface area (Å²) in [7, 11) is -1.22.